The van der Waals surface area contributed by atoms with Crippen LogP contribution >= 0.6 is 150 Å². The molecule has 0 unspecified atom stereocenters. The van der Waals surface area contributed by atoms with E-state index >= 15 is 0 Å². The minimum absolute atomic E-state index is 0. The van der Waals surface area contributed by atoms with Gasteiger partial charge in [0.1, 0.15) is 51.5 Å². The first-order valence-corrected chi connectivity index (χ1v) is 28.8. The Labute approximate surface area is 599 Å². The van der Waals surface area contributed by atoms with Gasteiger partial charge in [0.15, 0.2) is 22.1 Å². The van der Waals surface area contributed by atoms with Crippen molar-refractivity contribution in [3.8, 4) is 0 Å². The summed E-state index contributed by atoms with van der Waals surface area (Å²) in [5.41, 5.74) is 35.3. The standard InChI is InChI=1S/C8H4Cl3N3.C8H6ClN3O2.C8H9ClN2O2.C7H8ClN3O.C6H6ClIN2.C6H5ClN2O2.C6H7ClN2.CH3I.CH4.Na.H2O/c1-3-2-4(9)12-6-5(3)13-8(11)14-7(6)10;1-3-2-4(9)10-6-5(3)11-8(14)12-7(6)13;1-4-3-5(9)11-7(6(4)10)8(12)13-2;1-3-2-4(8)11-6(5(3)9)7(10)12;1-3-2-4(7)10-6(8)5(3)9;1-4-2-6(7)8-3-5(4)9(10)11;1-4-2-6(7)9-3-5(4)8;1-2;;;/h2H,1H3;2H,1H3,(H2,11,12,13,14);3H,10H2,1-2H3;2H,9H2,1H3,(H2,10,12);2H,9H2,1H3;2-3H,1H3;2-3H,8H2,1H3;1H3;1H4;;1H2/q;;;;;;;;;+1;/p-1/i;;;;;;;1D;;;. The summed E-state index contributed by atoms with van der Waals surface area (Å²) in [7, 11) is 1.26. The number of fused-ring (bicyclic) bond motifs is 2. The van der Waals surface area contributed by atoms with E-state index in [0.29, 0.717) is 76.2 Å². The molecule has 37 heteroatoms. The van der Waals surface area contributed by atoms with Gasteiger partial charge in [0, 0.05) is 6.93 Å². The number of halogens is 11. The maximum atomic E-state index is 11.3. The van der Waals surface area contributed by atoms with E-state index in [1.54, 1.807) is 70.3 Å². The third-order valence-electron chi connectivity index (χ3n) is 10.2. The molecule has 88 heavy (non-hydrogen) atoms. The van der Waals surface area contributed by atoms with E-state index in [4.69, 9.17) is 134 Å². The number of carbonyl (C=O) groups is 2. The zero-order valence-corrected chi connectivity index (χ0v) is 59.8. The summed E-state index contributed by atoms with van der Waals surface area (Å²) in [5.74, 6) is -1.25. The van der Waals surface area contributed by atoms with Crippen molar-refractivity contribution in [3.05, 3.63) is 186 Å². The Morgan fingerprint density at radius 2 is 1.01 bits per heavy atom. The van der Waals surface area contributed by atoms with Crippen LogP contribution in [0.25, 0.3) is 22.1 Å². The second-order valence-corrected chi connectivity index (χ2v) is 20.8. The molecular weight excluding hydrogens is 1570 g/mol. The largest absolute Gasteiger partial charge is 1.00 e. The number of pyridine rings is 7. The smallest absolute Gasteiger partial charge is 0.870 e. The molecule has 0 radical (unpaired) electrons. The van der Waals surface area contributed by atoms with Gasteiger partial charge < -0.3 is 43.9 Å². The number of ether oxygens (including phenoxy) is 1. The van der Waals surface area contributed by atoms with Crippen molar-refractivity contribution < 1.29 is 55.7 Å². The van der Waals surface area contributed by atoms with Crippen LogP contribution in [0, 0.1) is 62.3 Å². The van der Waals surface area contributed by atoms with Gasteiger partial charge in [0.25, 0.3) is 17.2 Å². The van der Waals surface area contributed by atoms with Gasteiger partial charge in [-0.3, -0.25) is 24.7 Å². The van der Waals surface area contributed by atoms with E-state index in [1.807, 2.05) is 43.4 Å². The third kappa shape index (κ3) is 26.8. The van der Waals surface area contributed by atoms with Crippen LogP contribution in [0.15, 0.2) is 64.4 Å². The van der Waals surface area contributed by atoms with E-state index in [9.17, 15) is 29.3 Å². The Bertz CT molecular complexity index is 3990. The van der Waals surface area contributed by atoms with Crippen molar-refractivity contribution in [2.45, 2.75) is 55.9 Å². The number of hydrogen-bond acceptors (Lipinski definition) is 21. The van der Waals surface area contributed by atoms with Gasteiger partial charge in [-0.1, -0.05) is 123 Å². The number of primary amides is 1. The number of aryl methyl sites for hydroxylation is 7. The van der Waals surface area contributed by atoms with Gasteiger partial charge in [0.05, 0.1) is 52.0 Å². The number of aromatic nitrogens is 11. The van der Waals surface area contributed by atoms with Crippen molar-refractivity contribution in [2.75, 3.05) is 35.0 Å². The molecule has 0 atom stereocenters. The number of hydrogen-bond donors (Lipinski definition) is 7. The molecule has 0 bridgehead atoms. The fraction of sp³-hybridized carbons (Fsp3) is 0.196. The van der Waals surface area contributed by atoms with Gasteiger partial charge in [-0.25, -0.2) is 54.4 Å². The summed E-state index contributed by atoms with van der Waals surface area (Å²) >= 11 is 54.9. The number of anilines is 4. The first kappa shape index (κ1) is 82.9. The maximum absolute atomic E-state index is 11.3. The number of nitrogens with one attached hydrogen (secondary N) is 2. The number of nitrogens with zero attached hydrogens (tertiary/aromatic N) is 10. The maximum Gasteiger partial charge on any atom is 1.00 e. The molecular formula is C51H53Cl9I2N17NaO8. The fourth-order valence-electron chi connectivity index (χ4n) is 5.99. The quantitative estimate of drug-likeness (QED) is 0.00994. The molecule has 13 N–H and O–H groups in total. The molecule has 0 aliphatic heterocycles. The second kappa shape index (κ2) is 40.6. The van der Waals surface area contributed by atoms with Crippen LogP contribution in [0.1, 0.15) is 68.7 Å². The summed E-state index contributed by atoms with van der Waals surface area (Å²) in [6.07, 6.45) is 2.70. The van der Waals surface area contributed by atoms with E-state index in [1.165, 1.54) is 13.2 Å². The molecule has 25 nitrogen and oxygen atoms in total. The fourth-order valence-corrected chi connectivity index (χ4v) is 8.91. The molecule has 0 aliphatic rings. The molecule has 9 aromatic rings. The summed E-state index contributed by atoms with van der Waals surface area (Å²) in [5, 5.41) is 12.9. The van der Waals surface area contributed by atoms with Crippen LogP contribution in [-0.4, -0.2) is 89.1 Å². The Kier molecular flexibility index (Phi) is 38.2. The molecule has 0 spiro atoms. The topological polar surface area (TPSA) is 428 Å². The molecule has 0 aromatic carbocycles. The summed E-state index contributed by atoms with van der Waals surface area (Å²) < 4.78 is 11.4. The van der Waals surface area contributed by atoms with E-state index in [0.717, 1.165) is 26.6 Å². The molecule has 1 amide bonds. The van der Waals surface area contributed by atoms with Gasteiger partial charge >= 0.3 is 41.2 Å². The van der Waals surface area contributed by atoms with Gasteiger partial charge in [0.2, 0.25) is 5.28 Å². The summed E-state index contributed by atoms with van der Waals surface area (Å²) in [6.45, 7) is 12.5. The molecule has 468 valence electrons. The van der Waals surface area contributed by atoms with Gasteiger partial charge in [-0.05, 0) is 163 Å². The summed E-state index contributed by atoms with van der Waals surface area (Å²) in [4.78, 5) is 93.4. The first-order valence-electron chi connectivity index (χ1n) is 23.5. The minimum Gasteiger partial charge on any atom is -0.870 e. The average Bonchev–Trinajstić information content (AvgIpc) is 2.72. The monoisotopic (exact) mass is 1620 g/mol. The zero-order chi connectivity index (χ0) is 65.6. The Morgan fingerprint density at radius 3 is 1.48 bits per heavy atom. The van der Waals surface area contributed by atoms with Crippen LogP contribution in [0.5, 0.6) is 0 Å². The number of nitro groups is 1. The van der Waals surface area contributed by atoms with E-state index < -0.39 is 28.0 Å². The zero-order valence-electron chi connectivity index (χ0n) is 47.7. The average molecular weight is 1630 g/mol. The number of amides is 1. The normalized spacial score (nSPS) is 9.74. The number of aromatic amines is 2. The number of nitrogens with two attached hydrogens (primary N) is 5. The first-order chi connectivity index (χ1) is 40.1. The molecule has 0 saturated heterocycles. The molecule has 0 aliphatic carbocycles. The van der Waals surface area contributed by atoms with E-state index in [-0.39, 0.29) is 102 Å². The summed E-state index contributed by atoms with van der Waals surface area (Å²) in [6, 6.07) is 11.4. The van der Waals surface area contributed by atoms with Crippen LogP contribution < -0.4 is 69.5 Å². The number of carbonyl (C=O) groups excluding carboxylic acids is 2. The molecule has 9 rings (SSSR count). The van der Waals surface area contributed by atoms with Gasteiger partial charge in [-0.15, -0.1) is 0 Å². The molecule has 0 fully saturated rings. The molecule has 9 heterocycles. The number of H-pyrrole nitrogens is 2. The van der Waals surface area contributed by atoms with Gasteiger partial charge in [-0.2, -0.15) is 0 Å². The Balaban J connectivity index is 0. The number of esters is 1. The van der Waals surface area contributed by atoms with Crippen molar-refractivity contribution in [1.82, 2.24) is 54.8 Å². The predicted octanol–water partition coefficient (Wildman–Crippen LogP) is 10.3. The molecule has 0 saturated carbocycles. The van der Waals surface area contributed by atoms with Crippen molar-refractivity contribution in [1.29, 1.82) is 0 Å². The van der Waals surface area contributed by atoms with E-state index in [2.05, 4.69) is 82.2 Å². The Hall–Kier alpha value is -5.10. The van der Waals surface area contributed by atoms with Crippen molar-refractivity contribution in [3.63, 3.8) is 0 Å². The van der Waals surface area contributed by atoms with Crippen LogP contribution in [0.2, 0.25) is 46.5 Å². The second-order valence-electron chi connectivity index (χ2n) is 16.4. The number of rotatable bonds is 3. The van der Waals surface area contributed by atoms with Crippen LogP contribution in [0.3, 0.4) is 0 Å². The third-order valence-corrected chi connectivity index (χ3v) is 12.9. The Morgan fingerprint density at radius 1 is 0.591 bits per heavy atom. The minimum atomic E-state index is -0.668. The predicted molar refractivity (Wildman–Crippen MR) is 365 cm³/mol. The van der Waals surface area contributed by atoms with Crippen LogP contribution in [-0.2, 0) is 4.74 Å². The van der Waals surface area contributed by atoms with Crippen molar-refractivity contribution in [2.24, 2.45) is 5.73 Å². The number of alkyl halides is 1. The van der Waals surface area contributed by atoms with Crippen molar-refractivity contribution >= 4 is 212 Å². The SMILES string of the molecule is C.COC(=O)c1nc(Cl)cc(C)c1N.Cc1cc(Cl)nc(C(N)=O)c1N.Cc1cc(Cl)nc(I)c1N.Cc1cc(Cl)nc2c(=O)[nH]c(=O)[nH]c12.Cc1cc(Cl)nc2c(Cl)nc(Cl)nc12.Cc1cc(Cl)ncc1N.Cc1cc(Cl)ncc1[N+](=O)[O-].[2H]CI.[Na+].[OH-]. The molecule has 9 aromatic heterocycles. The number of nitrogen functional groups attached to an aromatic ring is 4. The number of methoxy groups -OCH3 is 1. The van der Waals surface area contributed by atoms with Crippen LogP contribution in [0.4, 0.5) is 28.4 Å².